The van der Waals surface area contributed by atoms with Crippen LogP contribution in [0.4, 0.5) is 4.79 Å². The van der Waals surface area contributed by atoms with Crippen molar-refractivity contribution >= 4 is 12.0 Å². The summed E-state index contributed by atoms with van der Waals surface area (Å²) in [5.41, 5.74) is 1.47. The largest absolute Gasteiger partial charge is 0.453 e. The summed E-state index contributed by atoms with van der Waals surface area (Å²) in [5.74, 6) is 1.58. The molecule has 2 aliphatic heterocycles. The second kappa shape index (κ2) is 8.65. The highest BCUT2D eigenvalue weighted by molar-refractivity contribution is 5.79. The summed E-state index contributed by atoms with van der Waals surface area (Å²) < 4.78 is 7.18. The SMILES string of the molecule is COC(=O)N1Cc2nnc(-c3cccnc3)n2C2(CCN(C(=O)Cc3ccccc3)CC2)C1. The molecule has 0 saturated carbocycles. The summed E-state index contributed by atoms with van der Waals surface area (Å²) in [4.78, 5) is 33.2. The van der Waals surface area contributed by atoms with E-state index in [2.05, 4.69) is 19.7 Å². The first kappa shape index (κ1) is 21.1. The van der Waals surface area contributed by atoms with Crippen LogP contribution in [-0.4, -0.2) is 68.3 Å². The average Bonchev–Trinajstić information content (AvgIpc) is 3.30. The van der Waals surface area contributed by atoms with Gasteiger partial charge in [-0.25, -0.2) is 4.79 Å². The molecule has 1 fully saturated rings. The summed E-state index contributed by atoms with van der Waals surface area (Å²) >= 11 is 0. The number of carbonyl (C=O) groups excluding carboxylic acids is 2. The number of piperidine rings is 1. The van der Waals surface area contributed by atoms with E-state index in [1.165, 1.54) is 7.11 Å². The number of carbonyl (C=O) groups is 2. The second-order valence-corrected chi connectivity index (χ2v) is 8.61. The molecule has 1 saturated heterocycles. The van der Waals surface area contributed by atoms with Crippen LogP contribution < -0.4 is 0 Å². The van der Waals surface area contributed by atoms with E-state index < -0.39 is 5.54 Å². The predicted molar refractivity (Wildman–Crippen MR) is 120 cm³/mol. The smallest absolute Gasteiger partial charge is 0.409 e. The van der Waals surface area contributed by atoms with Gasteiger partial charge in [-0.15, -0.1) is 10.2 Å². The number of fused-ring (bicyclic) bond motifs is 2. The van der Waals surface area contributed by atoms with E-state index in [-0.39, 0.29) is 12.0 Å². The first-order valence-electron chi connectivity index (χ1n) is 11.1. The molecule has 0 N–H and O–H groups in total. The summed E-state index contributed by atoms with van der Waals surface area (Å²) in [6.07, 6.45) is 4.90. The van der Waals surface area contributed by atoms with Crippen molar-refractivity contribution in [1.29, 1.82) is 0 Å². The van der Waals surface area contributed by atoms with E-state index in [9.17, 15) is 9.59 Å². The highest BCUT2D eigenvalue weighted by Gasteiger charge is 2.46. The molecular weight excluding hydrogens is 420 g/mol. The minimum absolute atomic E-state index is 0.119. The molecule has 1 aromatic carbocycles. The molecule has 170 valence electrons. The topological polar surface area (TPSA) is 93.5 Å². The number of pyridine rings is 1. The Bertz CT molecular complexity index is 1140. The maximum Gasteiger partial charge on any atom is 0.409 e. The zero-order valence-electron chi connectivity index (χ0n) is 18.6. The minimum atomic E-state index is -0.417. The molecule has 2 aromatic heterocycles. The van der Waals surface area contributed by atoms with Gasteiger partial charge < -0.3 is 14.2 Å². The molecule has 4 heterocycles. The van der Waals surface area contributed by atoms with Crippen LogP contribution in [0.5, 0.6) is 0 Å². The Labute approximate surface area is 192 Å². The van der Waals surface area contributed by atoms with Crippen LogP contribution in [0.3, 0.4) is 0 Å². The molecule has 0 aliphatic carbocycles. The molecule has 9 nitrogen and oxygen atoms in total. The lowest BCUT2D eigenvalue weighted by Crippen LogP contribution is -2.57. The fraction of sp³-hybridized carbons (Fsp3) is 0.375. The van der Waals surface area contributed by atoms with Crippen molar-refractivity contribution in [3.8, 4) is 11.4 Å². The fourth-order valence-corrected chi connectivity index (χ4v) is 4.95. The Balaban J connectivity index is 1.43. The second-order valence-electron chi connectivity index (χ2n) is 8.61. The van der Waals surface area contributed by atoms with Crippen LogP contribution in [0.25, 0.3) is 11.4 Å². The molecule has 33 heavy (non-hydrogen) atoms. The van der Waals surface area contributed by atoms with Crippen LogP contribution in [0, 0.1) is 0 Å². The fourth-order valence-electron chi connectivity index (χ4n) is 4.95. The number of methoxy groups -OCH3 is 1. The predicted octanol–water partition coefficient (Wildman–Crippen LogP) is 2.48. The molecule has 5 rings (SSSR count). The van der Waals surface area contributed by atoms with Crippen molar-refractivity contribution < 1.29 is 14.3 Å². The highest BCUT2D eigenvalue weighted by Crippen LogP contribution is 2.39. The maximum atomic E-state index is 12.9. The average molecular weight is 447 g/mol. The van der Waals surface area contributed by atoms with E-state index in [1.807, 2.05) is 47.4 Å². The molecule has 0 bridgehead atoms. The number of ether oxygens (including phenoxy) is 1. The Morgan fingerprint density at radius 2 is 1.82 bits per heavy atom. The van der Waals surface area contributed by atoms with E-state index in [0.29, 0.717) is 45.4 Å². The number of aromatic nitrogens is 4. The van der Waals surface area contributed by atoms with Gasteiger partial charge in [0.05, 0.1) is 25.6 Å². The van der Waals surface area contributed by atoms with Crippen LogP contribution in [0.2, 0.25) is 0 Å². The Kier molecular flexibility index (Phi) is 5.53. The molecule has 3 aromatic rings. The van der Waals surface area contributed by atoms with Crippen molar-refractivity contribution in [1.82, 2.24) is 29.5 Å². The summed E-state index contributed by atoms with van der Waals surface area (Å²) in [7, 11) is 1.39. The van der Waals surface area contributed by atoms with E-state index in [4.69, 9.17) is 4.74 Å². The van der Waals surface area contributed by atoms with Crippen molar-refractivity contribution in [3.63, 3.8) is 0 Å². The van der Waals surface area contributed by atoms with Gasteiger partial charge in [0.2, 0.25) is 5.91 Å². The van der Waals surface area contributed by atoms with E-state index in [0.717, 1.165) is 22.8 Å². The van der Waals surface area contributed by atoms with Crippen LogP contribution >= 0.6 is 0 Å². The van der Waals surface area contributed by atoms with Gasteiger partial charge >= 0.3 is 6.09 Å². The number of hydrogen-bond donors (Lipinski definition) is 0. The summed E-state index contributed by atoms with van der Waals surface area (Å²) in [6.45, 7) is 2.02. The Hall–Kier alpha value is -3.75. The molecular formula is C24H26N6O3. The molecule has 2 aliphatic rings. The highest BCUT2D eigenvalue weighted by atomic mass is 16.5. The first-order chi connectivity index (χ1) is 16.1. The Morgan fingerprint density at radius 1 is 1.03 bits per heavy atom. The zero-order valence-corrected chi connectivity index (χ0v) is 18.6. The van der Waals surface area contributed by atoms with Gasteiger partial charge in [-0.05, 0) is 30.5 Å². The van der Waals surface area contributed by atoms with Gasteiger partial charge in [0.1, 0.15) is 0 Å². The summed E-state index contributed by atoms with van der Waals surface area (Å²) in [6, 6.07) is 13.6. The zero-order chi connectivity index (χ0) is 22.8. The van der Waals surface area contributed by atoms with Crippen LogP contribution in [0.15, 0.2) is 54.9 Å². The number of rotatable bonds is 3. The maximum absolute atomic E-state index is 12.9. The normalized spacial score (nSPS) is 17.0. The minimum Gasteiger partial charge on any atom is -0.453 e. The monoisotopic (exact) mass is 446 g/mol. The number of amides is 2. The van der Waals surface area contributed by atoms with Gasteiger partial charge in [0.25, 0.3) is 0 Å². The van der Waals surface area contributed by atoms with E-state index >= 15 is 0 Å². The lowest BCUT2D eigenvalue weighted by atomic mass is 9.84. The molecule has 9 heteroatoms. The first-order valence-corrected chi connectivity index (χ1v) is 11.1. The number of benzene rings is 1. The van der Waals surface area contributed by atoms with Crippen LogP contribution in [0.1, 0.15) is 24.2 Å². The molecule has 0 radical (unpaired) electrons. The molecule has 2 amide bonds. The van der Waals surface area contributed by atoms with E-state index in [1.54, 1.807) is 17.3 Å². The lowest BCUT2D eigenvalue weighted by molar-refractivity contribution is -0.133. The van der Waals surface area contributed by atoms with Crippen molar-refractivity contribution in [2.75, 3.05) is 26.7 Å². The van der Waals surface area contributed by atoms with Gasteiger partial charge in [0, 0.05) is 37.6 Å². The van der Waals surface area contributed by atoms with Crippen molar-refractivity contribution in [2.45, 2.75) is 31.3 Å². The third-order valence-corrected chi connectivity index (χ3v) is 6.62. The number of hydrogen-bond acceptors (Lipinski definition) is 6. The third-order valence-electron chi connectivity index (χ3n) is 6.62. The Morgan fingerprint density at radius 3 is 2.52 bits per heavy atom. The van der Waals surface area contributed by atoms with Gasteiger partial charge in [-0.2, -0.15) is 0 Å². The molecule has 1 spiro atoms. The number of nitrogens with zero attached hydrogens (tertiary/aromatic N) is 6. The van der Waals surface area contributed by atoms with Crippen LogP contribution in [-0.2, 0) is 28.0 Å². The summed E-state index contributed by atoms with van der Waals surface area (Å²) in [5, 5.41) is 8.88. The van der Waals surface area contributed by atoms with Gasteiger partial charge in [-0.1, -0.05) is 30.3 Å². The van der Waals surface area contributed by atoms with Gasteiger partial charge in [-0.3, -0.25) is 14.7 Å². The van der Waals surface area contributed by atoms with Crippen molar-refractivity contribution in [2.24, 2.45) is 0 Å². The molecule has 0 unspecified atom stereocenters. The lowest BCUT2D eigenvalue weighted by Gasteiger charge is -2.48. The van der Waals surface area contributed by atoms with Gasteiger partial charge in [0.15, 0.2) is 11.6 Å². The van der Waals surface area contributed by atoms with Crippen molar-refractivity contribution in [3.05, 3.63) is 66.2 Å². The quantitative estimate of drug-likeness (QED) is 0.614. The standard InChI is InChI=1S/C24H26N6O3/c1-33-23(32)29-16-20-26-27-22(19-8-5-11-25-15-19)30(20)24(17-29)9-12-28(13-10-24)21(31)14-18-6-3-2-4-7-18/h2-8,11,15H,9-10,12-14,16-17H2,1H3. The number of likely N-dealkylation sites (tertiary alicyclic amines) is 1. The molecule has 0 atom stereocenters. The third kappa shape index (κ3) is 3.94.